The van der Waals surface area contributed by atoms with Gasteiger partial charge in [-0.3, -0.25) is 9.59 Å². The summed E-state index contributed by atoms with van der Waals surface area (Å²) >= 11 is 0. The summed E-state index contributed by atoms with van der Waals surface area (Å²) in [6.07, 6.45) is 9.18. The summed E-state index contributed by atoms with van der Waals surface area (Å²) in [5.41, 5.74) is 2.27. The van der Waals surface area contributed by atoms with Crippen molar-refractivity contribution in [2.75, 3.05) is 18.5 Å². The number of rotatable bonds is 2. The van der Waals surface area contributed by atoms with Crippen molar-refractivity contribution in [1.29, 1.82) is 0 Å². The summed E-state index contributed by atoms with van der Waals surface area (Å²) in [7, 11) is 2.04. The van der Waals surface area contributed by atoms with Crippen LogP contribution in [0.15, 0.2) is 18.2 Å². The van der Waals surface area contributed by atoms with Crippen LogP contribution in [-0.2, 0) is 0 Å². The molecule has 1 aromatic rings. The minimum absolute atomic E-state index is 0.0124. The maximum atomic E-state index is 12.8. The summed E-state index contributed by atoms with van der Waals surface area (Å²) in [5, 5.41) is 3.17. The SMILES string of the molecule is CN1c2cc(C(=O)NC3CCCCC3)ccc2C(=O)N2CCCC[C@@H]21. The van der Waals surface area contributed by atoms with Crippen molar-refractivity contribution in [3.05, 3.63) is 29.3 Å². The minimum atomic E-state index is -0.0124. The number of fused-ring (bicyclic) bond motifs is 2. The second-order valence-electron chi connectivity index (χ2n) is 7.63. The highest BCUT2D eigenvalue weighted by Crippen LogP contribution is 2.34. The Morgan fingerprint density at radius 3 is 2.64 bits per heavy atom. The molecule has 2 heterocycles. The van der Waals surface area contributed by atoms with Gasteiger partial charge in [-0.2, -0.15) is 0 Å². The summed E-state index contributed by atoms with van der Waals surface area (Å²) in [5.74, 6) is 0.0960. The zero-order valence-electron chi connectivity index (χ0n) is 15.0. The molecule has 2 fully saturated rings. The molecule has 1 saturated heterocycles. The van der Waals surface area contributed by atoms with Crippen LogP contribution in [0.5, 0.6) is 0 Å². The number of amides is 2. The normalized spacial score (nSPS) is 23.9. The number of hydrogen-bond donors (Lipinski definition) is 1. The maximum absolute atomic E-state index is 12.8. The highest BCUT2D eigenvalue weighted by Gasteiger charge is 2.37. The Morgan fingerprint density at radius 2 is 1.84 bits per heavy atom. The van der Waals surface area contributed by atoms with Gasteiger partial charge in [-0.25, -0.2) is 0 Å². The van der Waals surface area contributed by atoms with Gasteiger partial charge in [0.25, 0.3) is 11.8 Å². The quantitative estimate of drug-likeness (QED) is 0.899. The van der Waals surface area contributed by atoms with Crippen LogP contribution in [-0.4, -0.2) is 42.5 Å². The number of benzene rings is 1. The molecule has 5 nitrogen and oxygen atoms in total. The van der Waals surface area contributed by atoms with E-state index in [2.05, 4.69) is 10.2 Å². The number of anilines is 1. The molecule has 1 atom stereocenters. The number of piperidine rings is 1. The molecule has 3 aliphatic rings. The Hall–Kier alpha value is -2.04. The standard InChI is InChI=1S/C20H27N3O2/c1-22-17-13-14(19(24)21-15-7-3-2-4-8-15)10-11-16(17)20(25)23-12-6-5-9-18(22)23/h10-11,13,15,18H,2-9,12H2,1H3,(H,21,24)/t18-/m1/s1. The van der Waals surface area contributed by atoms with Crippen LogP contribution in [0.4, 0.5) is 5.69 Å². The molecule has 4 rings (SSSR count). The van der Waals surface area contributed by atoms with Gasteiger partial charge in [0.1, 0.15) is 6.17 Å². The van der Waals surface area contributed by atoms with Crippen LogP contribution in [0.1, 0.15) is 72.1 Å². The summed E-state index contributed by atoms with van der Waals surface area (Å²) in [6.45, 7) is 0.831. The lowest BCUT2D eigenvalue weighted by Crippen LogP contribution is -2.55. The van der Waals surface area contributed by atoms with Gasteiger partial charge in [-0.05, 0) is 50.3 Å². The van der Waals surface area contributed by atoms with E-state index in [9.17, 15) is 9.59 Å². The predicted molar refractivity (Wildman–Crippen MR) is 97.9 cm³/mol. The highest BCUT2D eigenvalue weighted by molar-refractivity contribution is 6.04. The lowest BCUT2D eigenvalue weighted by molar-refractivity contribution is 0.0589. The topological polar surface area (TPSA) is 52.7 Å². The van der Waals surface area contributed by atoms with Crippen molar-refractivity contribution >= 4 is 17.5 Å². The van der Waals surface area contributed by atoms with Crippen LogP contribution < -0.4 is 10.2 Å². The molecule has 0 bridgehead atoms. The first kappa shape index (κ1) is 16.4. The Bertz CT molecular complexity index is 682. The van der Waals surface area contributed by atoms with Crippen LogP contribution in [0.25, 0.3) is 0 Å². The van der Waals surface area contributed by atoms with Crippen LogP contribution in [0.2, 0.25) is 0 Å². The fraction of sp³-hybridized carbons (Fsp3) is 0.600. The largest absolute Gasteiger partial charge is 0.354 e. The van der Waals surface area contributed by atoms with E-state index in [0.717, 1.165) is 49.9 Å². The van der Waals surface area contributed by atoms with E-state index in [1.807, 2.05) is 24.1 Å². The van der Waals surface area contributed by atoms with E-state index in [1.165, 1.54) is 19.3 Å². The van der Waals surface area contributed by atoms with Crippen molar-refractivity contribution in [3.8, 4) is 0 Å². The number of carbonyl (C=O) groups is 2. The van der Waals surface area contributed by atoms with E-state index in [4.69, 9.17) is 0 Å². The van der Waals surface area contributed by atoms with Gasteiger partial charge < -0.3 is 15.1 Å². The molecular formula is C20H27N3O2. The van der Waals surface area contributed by atoms with Crippen LogP contribution in [0.3, 0.4) is 0 Å². The Balaban J connectivity index is 1.57. The van der Waals surface area contributed by atoms with Crippen molar-refractivity contribution in [1.82, 2.24) is 10.2 Å². The molecule has 1 N–H and O–H groups in total. The van der Waals surface area contributed by atoms with Gasteiger partial charge in [0.05, 0.1) is 11.3 Å². The molecule has 2 amide bonds. The summed E-state index contributed by atoms with van der Waals surface area (Å²) in [4.78, 5) is 29.6. The smallest absolute Gasteiger partial charge is 0.257 e. The van der Waals surface area contributed by atoms with Gasteiger partial charge >= 0.3 is 0 Å². The highest BCUT2D eigenvalue weighted by atomic mass is 16.2. The first-order chi connectivity index (χ1) is 12.1. The third-order valence-corrected chi connectivity index (χ3v) is 5.99. The lowest BCUT2D eigenvalue weighted by atomic mass is 9.95. The van der Waals surface area contributed by atoms with E-state index in [-0.39, 0.29) is 18.0 Å². The molecule has 0 spiro atoms. The minimum Gasteiger partial charge on any atom is -0.354 e. The lowest BCUT2D eigenvalue weighted by Gasteiger charge is -2.46. The van der Waals surface area contributed by atoms with Crippen molar-refractivity contribution in [2.45, 2.75) is 63.6 Å². The molecule has 0 aromatic heterocycles. The van der Waals surface area contributed by atoms with Gasteiger partial charge in [0, 0.05) is 25.2 Å². The van der Waals surface area contributed by atoms with Crippen molar-refractivity contribution in [3.63, 3.8) is 0 Å². The van der Waals surface area contributed by atoms with E-state index < -0.39 is 0 Å². The van der Waals surface area contributed by atoms with Gasteiger partial charge in [0.2, 0.25) is 0 Å². The molecule has 1 aromatic carbocycles. The van der Waals surface area contributed by atoms with Gasteiger partial charge in [-0.1, -0.05) is 19.3 Å². The van der Waals surface area contributed by atoms with Crippen molar-refractivity contribution in [2.24, 2.45) is 0 Å². The molecule has 1 saturated carbocycles. The van der Waals surface area contributed by atoms with E-state index >= 15 is 0 Å². The Kier molecular flexibility index (Phi) is 4.40. The average Bonchev–Trinajstić information content (AvgIpc) is 2.66. The molecule has 25 heavy (non-hydrogen) atoms. The summed E-state index contributed by atoms with van der Waals surface area (Å²) < 4.78 is 0. The third kappa shape index (κ3) is 3.00. The molecule has 5 heteroatoms. The van der Waals surface area contributed by atoms with E-state index in [0.29, 0.717) is 11.6 Å². The van der Waals surface area contributed by atoms with Crippen molar-refractivity contribution < 1.29 is 9.59 Å². The second kappa shape index (κ2) is 6.70. The molecule has 0 radical (unpaired) electrons. The van der Waals surface area contributed by atoms with Crippen LogP contribution >= 0.6 is 0 Å². The Morgan fingerprint density at radius 1 is 1.08 bits per heavy atom. The van der Waals surface area contributed by atoms with Crippen LogP contribution in [0, 0.1) is 0 Å². The maximum Gasteiger partial charge on any atom is 0.257 e. The molecule has 1 aliphatic carbocycles. The first-order valence-electron chi connectivity index (χ1n) is 9.64. The molecule has 134 valence electrons. The number of nitrogens with zero attached hydrogens (tertiary/aromatic N) is 2. The fourth-order valence-corrected chi connectivity index (χ4v) is 4.53. The number of hydrogen-bond acceptors (Lipinski definition) is 3. The van der Waals surface area contributed by atoms with E-state index in [1.54, 1.807) is 6.07 Å². The summed E-state index contributed by atoms with van der Waals surface area (Å²) in [6, 6.07) is 5.82. The number of carbonyl (C=O) groups excluding carboxylic acids is 2. The molecular weight excluding hydrogens is 314 g/mol. The van der Waals surface area contributed by atoms with Gasteiger partial charge in [0.15, 0.2) is 0 Å². The zero-order valence-corrected chi connectivity index (χ0v) is 15.0. The second-order valence-corrected chi connectivity index (χ2v) is 7.63. The number of nitrogens with one attached hydrogen (secondary N) is 1. The predicted octanol–water partition coefficient (Wildman–Crippen LogP) is 3.15. The Labute approximate surface area is 149 Å². The molecule has 0 unspecified atom stereocenters. The fourth-order valence-electron chi connectivity index (χ4n) is 4.53. The monoisotopic (exact) mass is 341 g/mol. The first-order valence-corrected chi connectivity index (χ1v) is 9.64. The average molecular weight is 341 g/mol. The molecule has 2 aliphatic heterocycles. The third-order valence-electron chi connectivity index (χ3n) is 5.99. The van der Waals surface area contributed by atoms with Gasteiger partial charge in [-0.15, -0.1) is 0 Å². The zero-order chi connectivity index (χ0) is 17.4.